The van der Waals surface area contributed by atoms with Crippen LogP contribution in [0.3, 0.4) is 0 Å². The molecule has 9 nitrogen and oxygen atoms in total. The van der Waals surface area contributed by atoms with E-state index in [0.717, 1.165) is 6.07 Å². The van der Waals surface area contributed by atoms with E-state index in [1.165, 1.54) is 19.2 Å². The molecule has 110 valence electrons. The molecule has 0 unspecified atom stereocenters. The molecule has 0 heterocycles. The number of anilines is 1. The second-order valence-electron chi connectivity index (χ2n) is 3.80. The van der Waals surface area contributed by atoms with Crippen LogP contribution in [0.25, 0.3) is 0 Å². The molecule has 0 atom stereocenters. The summed E-state index contributed by atoms with van der Waals surface area (Å²) in [5.41, 5.74) is 4.82. The van der Waals surface area contributed by atoms with Crippen LogP contribution in [0.1, 0.15) is 10.4 Å². The summed E-state index contributed by atoms with van der Waals surface area (Å²) in [7, 11) is -2.12. The van der Waals surface area contributed by atoms with Crippen molar-refractivity contribution >= 4 is 27.3 Å². The van der Waals surface area contributed by atoms with Crippen molar-refractivity contribution in [2.45, 2.75) is 0 Å². The lowest BCUT2D eigenvalue weighted by Gasteiger charge is -2.08. The minimum Gasteiger partial charge on any atom is -0.378 e. The van der Waals surface area contributed by atoms with Gasteiger partial charge in [0.25, 0.3) is 5.69 Å². The summed E-state index contributed by atoms with van der Waals surface area (Å²) in [6, 6.07) is 3.67. The number of nitrogens with zero attached hydrogens (tertiary/aromatic N) is 1. The zero-order valence-corrected chi connectivity index (χ0v) is 11.4. The molecular formula is C10H14N4O5S. The Kier molecular flexibility index (Phi) is 5.00. The second-order valence-corrected chi connectivity index (χ2v) is 5.85. The number of nitrogens with two attached hydrogens (primary N) is 1. The Hall–Kier alpha value is -2.20. The summed E-state index contributed by atoms with van der Waals surface area (Å²) in [6.07, 6.45) is 0. The zero-order chi connectivity index (χ0) is 15.3. The van der Waals surface area contributed by atoms with Crippen LogP contribution in [-0.4, -0.2) is 38.6 Å². The van der Waals surface area contributed by atoms with Gasteiger partial charge in [-0.3, -0.25) is 14.9 Å². The molecule has 0 saturated heterocycles. The Bertz CT molecular complexity index is 629. The van der Waals surface area contributed by atoms with E-state index >= 15 is 0 Å². The molecule has 0 aliphatic heterocycles. The normalized spacial score (nSPS) is 11.1. The summed E-state index contributed by atoms with van der Waals surface area (Å²) in [5, 5.41) is 13.5. The third kappa shape index (κ3) is 4.17. The fraction of sp³-hybridized carbons (Fsp3) is 0.300. The Morgan fingerprint density at radius 2 is 2.10 bits per heavy atom. The first kappa shape index (κ1) is 15.9. The highest BCUT2D eigenvalue weighted by atomic mass is 32.2. The first-order chi connectivity index (χ1) is 9.26. The minimum absolute atomic E-state index is 0.00472. The molecule has 1 aromatic rings. The molecule has 0 radical (unpaired) electrons. The van der Waals surface area contributed by atoms with Crippen molar-refractivity contribution in [2.75, 3.05) is 24.7 Å². The number of nitro groups is 1. The van der Waals surface area contributed by atoms with Gasteiger partial charge in [0.2, 0.25) is 15.9 Å². The molecular weight excluding hydrogens is 288 g/mol. The van der Waals surface area contributed by atoms with Gasteiger partial charge in [0.15, 0.2) is 0 Å². The number of carbonyl (C=O) groups is 1. The maximum atomic E-state index is 11.2. The van der Waals surface area contributed by atoms with Gasteiger partial charge < -0.3 is 11.1 Å². The molecule has 1 aromatic carbocycles. The third-order valence-corrected chi connectivity index (χ3v) is 3.84. The fourth-order valence-electron chi connectivity index (χ4n) is 1.41. The molecule has 0 spiro atoms. The number of nitro benzene ring substituents is 1. The summed E-state index contributed by atoms with van der Waals surface area (Å²) in [6.45, 7) is -0.0140. The molecule has 0 aliphatic rings. The van der Waals surface area contributed by atoms with Crippen LogP contribution in [0.5, 0.6) is 0 Å². The van der Waals surface area contributed by atoms with Crippen LogP contribution in [0.15, 0.2) is 18.2 Å². The van der Waals surface area contributed by atoms with Crippen LogP contribution in [-0.2, 0) is 10.0 Å². The molecule has 10 heteroatoms. The van der Waals surface area contributed by atoms with Crippen molar-refractivity contribution in [1.29, 1.82) is 0 Å². The van der Waals surface area contributed by atoms with Crippen molar-refractivity contribution in [3.63, 3.8) is 0 Å². The molecule has 1 rings (SSSR count). The third-order valence-electron chi connectivity index (χ3n) is 2.48. The predicted molar refractivity (Wildman–Crippen MR) is 73.0 cm³/mol. The molecule has 0 saturated carbocycles. The topological polar surface area (TPSA) is 144 Å². The number of primary amides is 1. The van der Waals surface area contributed by atoms with Gasteiger partial charge in [0.05, 0.1) is 10.7 Å². The average molecular weight is 302 g/mol. The maximum absolute atomic E-state index is 11.2. The number of benzene rings is 1. The van der Waals surface area contributed by atoms with Crippen molar-refractivity contribution in [2.24, 2.45) is 5.73 Å². The quantitative estimate of drug-likeness (QED) is 0.464. The van der Waals surface area contributed by atoms with Gasteiger partial charge in [-0.2, -0.15) is 0 Å². The van der Waals surface area contributed by atoms with Gasteiger partial charge in [0.1, 0.15) is 5.69 Å². The van der Waals surface area contributed by atoms with Crippen molar-refractivity contribution in [3.8, 4) is 0 Å². The lowest BCUT2D eigenvalue weighted by atomic mass is 10.1. The maximum Gasteiger partial charge on any atom is 0.293 e. The van der Waals surface area contributed by atoms with E-state index in [-0.39, 0.29) is 29.2 Å². The van der Waals surface area contributed by atoms with Gasteiger partial charge in [0, 0.05) is 18.2 Å². The first-order valence-corrected chi connectivity index (χ1v) is 7.15. The minimum atomic E-state index is -3.40. The van der Waals surface area contributed by atoms with Crippen LogP contribution in [0, 0.1) is 10.1 Å². The van der Waals surface area contributed by atoms with Gasteiger partial charge in [-0.1, -0.05) is 0 Å². The lowest BCUT2D eigenvalue weighted by molar-refractivity contribution is -0.384. The Labute approximate surface area is 115 Å². The Morgan fingerprint density at radius 3 is 2.60 bits per heavy atom. The zero-order valence-electron chi connectivity index (χ0n) is 10.6. The largest absolute Gasteiger partial charge is 0.378 e. The number of carbonyl (C=O) groups excluding carboxylic acids is 1. The summed E-state index contributed by atoms with van der Waals surface area (Å²) >= 11 is 0. The van der Waals surface area contributed by atoms with E-state index in [9.17, 15) is 23.3 Å². The van der Waals surface area contributed by atoms with E-state index in [4.69, 9.17) is 5.73 Å². The molecule has 0 fully saturated rings. The standard InChI is InChI=1S/C10H14N4O5S/c1-12-20(18,19)5-4-13-8-3-2-7(10(11)15)6-9(8)14(16)17/h2-3,6,12-13H,4-5H2,1H3,(H2,11,15). The van der Waals surface area contributed by atoms with Crippen LogP contribution in [0.2, 0.25) is 0 Å². The van der Waals surface area contributed by atoms with Crippen molar-refractivity contribution in [3.05, 3.63) is 33.9 Å². The Morgan fingerprint density at radius 1 is 1.45 bits per heavy atom. The van der Waals surface area contributed by atoms with Crippen LogP contribution in [0.4, 0.5) is 11.4 Å². The van der Waals surface area contributed by atoms with Crippen LogP contribution >= 0.6 is 0 Å². The Balaban J connectivity index is 2.90. The van der Waals surface area contributed by atoms with E-state index in [0.29, 0.717) is 0 Å². The van der Waals surface area contributed by atoms with Gasteiger partial charge >= 0.3 is 0 Å². The fourth-order valence-corrected chi connectivity index (χ4v) is 1.98. The molecule has 1 amide bonds. The van der Waals surface area contributed by atoms with Gasteiger partial charge in [-0.15, -0.1) is 0 Å². The van der Waals surface area contributed by atoms with E-state index < -0.39 is 20.9 Å². The van der Waals surface area contributed by atoms with Crippen LogP contribution < -0.4 is 15.8 Å². The monoisotopic (exact) mass is 302 g/mol. The van der Waals surface area contributed by atoms with E-state index in [1.54, 1.807) is 0 Å². The highest BCUT2D eigenvalue weighted by Crippen LogP contribution is 2.25. The van der Waals surface area contributed by atoms with Crippen molar-refractivity contribution < 1.29 is 18.1 Å². The highest BCUT2D eigenvalue weighted by molar-refractivity contribution is 7.89. The molecule has 4 N–H and O–H groups in total. The SMILES string of the molecule is CNS(=O)(=O)CCNc1ccc(C(N)=O)cc1[N+](=O)[O-]. The summed E-state index contributed by atoms with van der Waals surface area (Å²) in [4.78, 5) is 21.2. The lowest BCUT2D eigenvalue weighted by Crippen LogP contribution is -2.26. The highest BCUT2D eigenvalue weighted by Gasteiger charge is 2.17. The molecule has 20 heavy (non-hydrogen) atoms. The first-order valence-electron chi connectivity index (χ1n) is 5.50. The average Bonchev–Trinajstić information content (AvgIpc) is 2.38. The summed E-state index contributed by atoms with van der Waals surface area (Å²) in [5.74, 6) is -1.02. The van der Waals surface area contributed by atoms with E-state index in [2.05, 4.69) is 10.0 Å². The number of nitrogens with one attached hydrogen (secondary N) is 2. The smallest absolute Gasteiger partial charge is 0.293 e. The molecule has 0 bridgehead atoms. The number of hydrogen-bond acceptors (Lipinski definition) is 6. The van der Waals surface area contributed by atoms with Gasteiger partial charge in [-0.25, -0.2) is 13.1 Å². The number of sulfonamides is 1. The number of hydrogen-bond donors (Lipinski definition) is 3. The van der Waals surface area contributed by atoms with Gasteiger partial charge in [-0.05, 0) is 19.2 Å². The second kappa shape index (κ2) is 6.30. The predicted octanol–water partition coefficient (Wildman–Crippen LogP) is -0.345. The summed E-state index contributed by atoms with van der Waals surface area (Å²) < 4.78 is 24.5. The van der Waals surface area contributed by atoms with Crippen molar-refractivity contribution in [1.82, 2.24) is 4.72 Å². The molecule has 0 aromatic heterocycles. The van der Waals surface area contributed by atoms with E-state index in [1.807, 2.05) is 0 Å². The number of rotatable bonds is 7. The molecule has 0 aliphatic carbocycles. The number of amides is 1.